The van der Waals surface area contributed by atoms with Crippen LogP contribution in [0, 0.1) is 12.8 Å². The average molecular weight is 538 g/mol. The van der Waals surface area contributed by atoms with Crippen molar-refractivity contribution in [3.05, 3.63) is 21.9 Å². The zero-order chi connectivity index (χ0) is 20.4. The van der Waals surface area contributed by atoms with E-state index in [1.807, 2.05) is 25.2 Å². The number of hydrogen-bond donors (Lipinski definition) is 3. The zero-order valence-corrected chi connectivity index (χ0v) is 21.1. The molecule has 0 spiro atoms. The maximum atomic E-state index is 11.7. The van der Waals surface area contributed by atoms with E-state index >= 15 is 0 Å². The third-order valence-electron chi connectivity index (χ3n) is 4.58. The van der Waals surface area contributed by atoms with Crippen LogP contribution in [0.4, 0.5) is 0 Å². The topological polar surface area (TPSA) is 78.0 Å². The van der Waals surface area contributed by atoms with Gasteiger partial charge in [-0.2, -0.15) is 0 Å². The second-order valence-electron chi connectivity index (χ2n) is 7.20. The largest absolute Gasteiger partial charge is 0.379 e. The van der Waals surface area contributed by atoms with Gasteiger partial charge in [0, 0.05) is 48.4 Å². The number of aliphatic imine (C=N–C) groups is 1. The van der Waals surface area contributed by atoms with Crippen molar-refractivity contribution in [3.8, 4) is 0 Å². The summed E-state index contributed by atoms with van der Waals surface area (Å²) in [5, 5.41) is 9.53. The minimum atomic E-state index is 0. The second kappa shape index (κ2) is 14.2. The van der Waals surface area contributed by atoms with E-state index in [-0.39, 0.29) is 41.8 Å². The maximum Gasteiger partial charge on any atom is 0.222 e. The summed E-state index contributed by atoms with van der Waals surface area (Å²) in [5.41, 5.74) is 0. The number of ether oxygens (including phenoxy) is 1. The molecule has 29 heavy (non-hydrogen) atoms. The van der Waals surface area contributed by atoms with Gasteiger partial charge in [0.25, 0.3) is 0 Å². The third kappa shape index (κ3) is 9.18. The van der Waals surface area contributed by atoms with Crippen LogP contribution >= 0.6 is 35.3 Å². The van der Waals surface area contributed by atoms with Gasteiger partial charge in [0.2, 0.25) is 5.91 Å². The Balaban J connectivity index is 0.00000420. The smallest absolute Gasteiger partial charge is 0.222 e. The van der Waals surface area contributed by atoms with E-state index in [1.54, 1.807) is 0 Å². The van der Waals surface area contributed by atoms with Gasteiger partial charge >= 0.3 is 0 Å². The Kier molecular flexibility index (Phi) is 12.8. The monoisotopic (exact) mass is 537 g/mol. The van der Waals surface area contributed by atoms with Gasteiger partial charge in [0.05, 0.1) is 25.8 Å². The number of halogens is 1. The number of thiophene rings is 1. The minimum absolute atomic E-state index is 0. The Morgan fingerprint density at radius 3 is 2.48 bits per heavy atom. The number of aryl methyl sites for hydroxylation is 1. The van der Waals surface area contributed by atoms with Crippen molar-refractivity contribution in [2.75, 3.05) is 52.5 Å². The first-order chi connectivity index (χ1) is 13.5. The van der Waals surface area contributed by atoms with Gasteiger partial charge in [-0.1, -0.05) is 13.8 Å². The van der Waals surface area contributed by atoms with Gasteiger partial charge in [-0.05, 0) is 26.0 Å². The molecule has 0 aromatic carbocycles. The van der Waals surface area contributed by atoms with Crippen molar-refractivity contribution in [3.63, 3.8) is 0 Å². The Morgan fingerprint density at radius 2 is 1.90 bits per heavy atom. The van der Waals surface area contributed by atoms with Crippen molar-refractivity contribution in [1.82, 2.24) is 20.9 Å². The van der Waals surface area contributed by atoms with Crippen LogP contribution in [0.1, 0.15) is 36.6 Å². The summed E-state index contributed by atoms with van der Waals surface area (Å²) in [4.78, 5) is 21.6. The van der Waals surface area contributed by atoms with Gasteiger partial charge in [-0.3, -0.25) is 14.7 Å². The number of rotatable bonds is 9. The third-order valence-corrected chi connectivity index (χ3v) is 5.69. The van der Waals surface area contributed by atoms with E-state index in [2.05, 4.69) is 46.8 Å². The van der Waals surface area contributed by atoms with Crippen molar-refractivity contribution in [2.45, 2.75) is 33.7 Å². The highest BCUT2D eigenvalue weighted by atomic mass is 127. The lowest BCUT2D eigenvalue weighted by atomic mass is 10.2. The summed E-state index contributed by atoms with van der Waals surface area (Å²) in [6.45, 7) is 14.1. The van der Waals surface area contributed by atoms with E-state index in [0.29, 0.717) is 19.6 Å². The fourth-order valence-corrected chi connectivity index (χ4v) is 4.00. The molecule has 0 radical (unpaired) electrons. The van der Waals surface area contributed by atoms with Gasteiger partial charge in [0.1, 0.15) is 0 Å². The summed E-state index contributed by atoms with van der Waals surface area (Å²) in [6, 6.07) is 4.66. The Labute approximate surface area is 196 Å². The highest BCUT2D eigenvalue weighted by Crippen LogP contribution is 2.28. The van der Waals surface area contributed by atoms with Crippen molar-refractivity contribution < 1.29 is 9.53 Å². The fourth-order valence-electron chi connectivity index (χ4n) is 3.00. The molecular formula is C20H36IN5O2S. The molecule has 0 aliphatic carbocycles. The molecule has 2 heterocycles. The van der Waals surface area contributed by atoms with E-state index in [4.69, 9.17) is 9.73 Å². The molecule has 1 atom stereocenters. The van der Waals surface area contributed by atoms with Crippen LogP contribution in [-0.4, -0.2) is 69.2 Å². The molecule has 1 aliphatic rings. The maximum absolute atomic E-state index is 11.7. The number of nitrogens with zero attached hydrogens (tertiary/aromatic N) is 2. The van der Waals surface area contributed by atoms with Crippen LogP contribution in [0.25, 0.3) is 0 Å². The van der Waals surface area contributed by atoms with Crippen molar-refractivity contribution in [1.29, 1.82) is 0 Å². The zero-order valence-electron chi connectivity index (χ0n) is 18.0. The van der Waals surface area contributed by atoms with E-state index in [0.717, 1.165) is 38.8 Å². The van der Waals surface area contributed by atoms with E-state index < -0.39 is 0 Å². The lowest BCUT2D eigenvalue weighted by Gasteiger charge is -2.33. The first kappa shape index (κ1) is 26.1. The molecule has 1 saturated heterocycles. The van der Waals surface area contributed by atoms with Crippen molar-refractivity contribution >= 4 is 47.2 Å². The summed E-state index contributed by atoms with van der Waals surface area (Å²) < 4.78 is 5.52. The number of guanidine groups is 1. The number of carbonyl (C=O) groups excluding carboxylic acids is 1. The molecule has 1 fully saturated rings. The fraction of sp³-hybridized carbons (Fsp3) is 0.700. The molecule has 1 unspecified atom stereocenters. The highest BCUT2D eigenvalue weighted by Gasteiger charge is 2.23. The minimum Gasteiger partial charge on any atom is -0.379 e. The first-order valence-electron chi connectivity index (χ1n) is 10.2. The average Bonchev–Trinajstić information content (AvgIpc) is 3.11. The molecule has 1 amide bonds. The molecule has 166 valence electrons. The van der Waals surface area contributed by atoms with Crippen LogP contribution in [0.15, 0.2) is 17.1 Å². The number of carbonyl (C=O) groups is 1. The Morgan fingerprint density at radius 1 is 1.21 bits per heavy atom. The molecule has 1 aromatic heterocycles. The Hall–Kier alpha value is -0.910. The van der Waals surface area contributed by atoms with Crippen LogP contribution < -0.4 is 16.0 Å². The Bertz CT molecular complexity index is 632. The van der Waals surface area contributed by atoms with E-state index in [1.165, 1.54) is 9.75 Å². The van der Waals surface area contributed by atoms with E-state index in [9.17, 15) is 4.79 Å². The second-order valence-corrected chi connectivity index (χ2v) is 8.52. The highest BCUT2D eigenvalue weighted by molar-refractivity contribution is 14.0. The van der Waals surface area contributed by atoms with Gasteiger partial charge in [0.15, 0.2) is 5.96 Å². The van der Waals surface area contributed by atoms with Crippen LogP contribution in [0.5, 0.6) is 0 Å². The summed E-state index contributed by atoms with van der Waals surface area (Å²) in [5.74, 6) is 0.863. The predicted molar refractivity (Wildman–Crippen MR) is 131 cm³/mol. The molecule has 3 N–H and O–H groups in total. The van der Waals surface area contributed by atoms with Crippen LogP contribution in [0.3, 0.4) is 0 Å². The first-order valence-corrected chi connectivity index (χ1v) is 11.0. The lowest BCUT2D eigenvalue weighted by molar-refractivity contribution is -0.123. The number of nitrogens with one attached hydrogen (secondary N) is 3. The predicted octanol–water partition coefficient (Wildman–Crippen LogP) is 2.38. The summed E-state index contributed by atoms with van der Waals surface area (Å²) in [7, 11) is 0. The molecule has 7 nitrogen and oxygen atoms in total. The molecule has 2 rings (SSSR count). The quantitative estimate of drug-likeness (QED) is 0.195. The molecule has 0 bridgehead atoms. The van der Waals surface area contributed by atoms with Gasteiger partial charge in [-0.15, -0.1) is 35.3 Å². The van der Waals surface area contributed by atoms with Crippen LogP contribution in [-0.2, 0) is 9.53 Å². The number of amides is 1. The van der Waals surface area contributed by atoms with Gasteiger partial charge in [-0.25, -0.2) is 0 Å². The standard InChI is InChI=1S/C20H35N5O2S.HI/c1-5-21-20(23-9-8-22-19(26)15(2)3)24-14-17(18-7-6-16(4)28-18)25-10-12-27-13-11-25;/h6-7,15,17H,5,8-14H2,1-4H3,(H,22,26)(H2,21,23,24);1H. The summed E-state index contributed by atoms with van der Waals surface area (Å²) in [6.07, 6.45) is 0. The SMILES string of the molecule is CCNC(=NCC(c1ccc(C)s1)N1CCOCC1)NCCNC(=O)C(C)C.I. The normalized spacial score (nSPS) is 16.2. The molecule has 0 saturated carbocycles. The molecule has 1 aliphatic heterocycles. The van der Waals surface area contributed by atoms with Gasteiger partial charge < -0.3 is 20.7 Å². The molecular weight excluding hydrogens is 501 g/mol. The van der Waals surface area contributed by atoms with Crippen LogP contribution in [0.2, 0.25) is 0 Å². The number of morpholine rings is 1. The molecule has 1 aromatic rings. The van der Waals surface area contributed by atoms with Crippen molar-refractivity contribution in [2.24, 2.45) is 10.9 Å². The lowest BCUT2D eigenvalue weighted by Crippen LogP contribution is -2.43. The summed E-state index contributed by atoms with van der Waals surface area (Å²) >= 11 is 1.84. The molecule has 9 heteroatoms. The number of hydrogen-bond acceptors (Lipinski definition) is 5.